The summed E-state index contributed by atoms with van der Waals surface area (Å²) < 4.78 is 0. The van der Waals surface area contributed by atoms with Crippen LogP contribution in [-0.4, -0.2) is 23.2 Å². The van der Waals surface area contributed by atoms with Crippen LogP contribution in [-0.2, 0) is 0 Å². The van der Waals surface area contributed by atoms with E-state index in [4.69, 9.17) is 0 Å². The van der Waals surface area contributed by atoms with Crippen LogP contribution in [0.1, 0.15) is 30.1 Å². The highest BCUT2D eigenvalue weighted by Gasteiger charge is 2.39. The van der Waals surface area contributed by atoms with Gasteiger partial charge in [0.25, 0.3) is 5.91 Å². The number of carbonyl (C=O) groups is 1. The lowest BCUT2D eigenvalue weighted by atomic mass is 10.0. The lowest BCUT2D eigenvalue weighted by Crippen LogP contribution is -2.42. The van der Waals surface area contributed by atoms with Gasteiger partial charge in [-0.1, -0.05) is 30.3 Å². The Morgan fingerprint density at radius 3 is 2.65 bits per heavy atom. The van der Waals surface area contributed by atoms with Gasteiger partial charge >= 0.3 is 0 Å². The van der Waals surface area contributed by atoms with E-state index in [0.717, 1.165) is 23.6 Å². The molecule has 0 aliphatic heterocycles. The van der Waals surface area contributed by atoms with Crippen LogP contribution in [0.3, 0.4) is 0 Å². The monoisotopic (exact) mass is 269 g/mol. The van der Waals surface area contributed by atoms with Crippen molar-refractivity contribution in [2.24, 2.45) is 5.92 Å². The van der Waals surface area contributed by atoms with Crippen LogP contribution in [0.4, 0.5) is 0 Å². The van der Waals surface area contributed by atoms with Crippen LogP contribution in [0.25, 0.3) is 10.8 Å². The van der Waals surface area contributed by atoms with Crippen molar-refractivity contribution in [3.05, 3.63) is 48.0 Å². The summed E-state index contributed by atoms with van der Waals surface area (Å²) in [6, 6.07) is 13.6. The summed E-state index contributed by atoms with van der Waals surface area (Å²) >= 11 is 0. The fourth-order valence-corrected chi connectivity index (χ4v) is 2.54. The van der Waals surface area contributed by atoms with E-state index in [-0.39, 0.29) is 5.91 Å². The van der Waals surface area contributed by atoms with Crippen LogP contribution in [0, 0.1) is 5.92 Å². The predicted octanol–water partition coefficient (Wildman–Crippen LogP) is 2.73. The van der Waals surface area contributed by atoms with Gasteiger partial charge in [-0.2, -0.15) is 0 Å². The zero-order chi connectivity index (χ0) is 14.2. The number of rotatable bonds is 4. The first-order valence-electron chi connectivity index (χ1n) is 7.06. The van der Waals surface area contributed by atoms with Crippen molar-refractivity contribution in [3.63, 3.8) is 0 Å². The molecule has 3 heteroatoms. The molecule has 1 aliphatic carbocycles. The van der Waals surface area contributed by atoms with Gasteiger partial charge in [-0.25, -0.2) is 0 Å². The molecule has 2 N–H and O–H groups in total. The number of nitrogens with one attached hydrogen (secondary N) is 1. The Kier molecular flexibility index (Phi) is 3.22. The minimum Gasteiger partial charge on any atom is -0.388 e. The van der Waals surface area contributed by atoms with Crippen molar-refractivity contribution in [2.45, 2.75) is 25.4 Å². The van der Waals surface area contributed by atoms with Crippen molar-refractivity contribution >= 4 is 16.7 Å². The van der Waals surface area contributed by atoms with Crippen LogP contribution < -0.4 is 5.32 Å². The molecule has 0 radical (unpaired) electrons. The van der Waals surface area contributed by atoms with Crippen molar-refractivity contribution < 1.29 is 9.90 Å². The van der Waals surface area contributed by atoms with E-state index in [1.54, 1.807) is 6.92 Å². The topological polar surface area (TPSA) is 49.3 Å². The third kappa shape index (κ3) is 2.68. The van der Waals surface area contributed by atoms with E-state index in [1.165, 1.54) is 0 Å². The number of aliphatic hydroxyl groups is 1. The maximum Gasteiger partial charge on any atom is 0.251 e. The van der Waals surface area contributed by atoms with Gasteiger partial charge in [0, 0.05) is 12.1 Å². The van der Waals surface area contributed by atoms with Crippen molar-refractivity contribution in [2.75, 3.05) is 6.54 Å². The molecule has 0 saturated heterocycles. The van der Waals surface area contributed by atoms with E-state index in [1.807, 2.05) is 42.5 Å². The molecule has 2 aromatic carbocycles. The molecular weight excluding hydrogens is 250 g/mol. The van der Waals surface area contributed by atoms with Crippen molar-refractivity contribution in [3.8, 4) is 0 Å². The summed E-state index contributed by atoms with van der Waals surface area (Å²) in [7, 11) is 0. The molecule has 0 aromatic heterocycles. The smallest absolute Gasteiger partial charge is 0.251 e. The molecule has 0 spiro atoms. The number of hydrogen-bond donors (Lipinski definition) is 2. The summed E-state index contributed by atoms with van der Waals surface area (Å²) in [4.78, 5) is 12.2. The highest BCUT2D eigenvalue weighted by Crippen LogP contribution is 2.39. The van der Waals surface area contributed by atoms with Crippen molar-refractivity contribution in [1.82, 2.24) is 5.32 Å². The maximum absolute atomic E-state index is 12.2. The summed E-state index contributed by atoms with van der Waals surface area (Å²) in [5.74, 6) is 0.205. The second-order valence-corrected chi connectivity index (χ2v) is 5.88. The first-order valence-corrected chi connectivity index (χ1v) is 7.06. The average Bonchev–Trinajstić information content (AvgIpc) is 3.29. The number of amides is 1. The molecule has 0 heterocycles. The van der Waals surface area contributed by atoms with E-state index in [0.29, 0.717) is 18.0 Å². The lowest BCUT2D eigenvalue weighted by Gasteiger charge is -2.23. The summed E-state index contributed by atoms with van der Waals surface area (Å²) in [6.07, 6.45) is 2.11. The SMILES string of the molecule is CC(O)(CNC(=O)c1ccc2ccccc2c1)C1CC1. The van der Waals surface area contributed by atoms with Gasteiger partial charge in [0.1, 0.15) is 0 Å². The van der Waals surface area contributed by atoms with Crippen LogP contribution >= 0.6 is 0 Å². The molecule has 1 unspecified atom stereocenters. The van der Waals surface area contributed by atoms with E-state index < -0.39 is 5.60 Å². The molecule has 1 amide bonds. The van der Waals surface area contributed by atoms with Crippen LogP contribution in [0.2, 0.25) is 0 Å². The molecule has 2 aromatic rings. The molecule has 1 atom stereocenters. The largest absolute Gasteiger partial charge is 0.388 e. The second-order valence-electron chi connectivity index (χ2n) is 5.88. The van der Waals surface area contributed by atoms with Gasteiger partial charge < -0.3 is 10.4 Å². The Hall–Kier alpha value is -1.87. The second kappa shape index (κ2) is 4.91. The van der Waals surface area contributed by atoms with Crippen LogP contribution in [0.15, 0.2) is 42.5 Å². The number of fused-ring (bicyclic) bond motifs is 1. The zero-order valence-electron chi connectivity index (χ0n) is 11.6. The Bertz CT molecular complexity index is 644. The van der Waals surface area contributed by atoms with Gasteiger partial charge in [0.2, 0.25) is 0 Å². The highest BCUT2D eigenvalue weighted by atomic mass is 16.3. The fourth-order valence-electron chi connectivity index (χ4n) is 2.54. The van der Waals surface area contributed by atoms with Crippen LogP contribution in [0.5, 0.6) is 0 Å². The minimum absolute atomic E-state index is 0.128. The molecule has 104 valence electrons. The van der Waals surface area contributed by atoms with Gasteiger partial charge in [-0.15, -0.1) is 0 Å². The standard InChI is InChI=1S/C17H19NO2/c1-17(20,15-8-9-15)11-18-16(19)14-7-6-12-4-2-3-5-13(12)10-14/h2-7,10,15,20H,8-9,11H2,1H3,(H,18,19). The first-order chi connectivity index (χ1) is 9.56. The normalized spacial score (nSPS) is 17.7. The molecule has 3 rings (SSSR count). The molecule has 3 nitrogen and oxygen atoms in total. The Balaban J connectivity index is 1.72. The molecule has 1 saturated carbocycles. The quantitative estimate of drug-likeness (QED) is 0.896. The zero-order valence-corrected chi connectivity index (χ0v) is 11.6. The fraction of sp³-hybridized carbons (Fsp3) is 0.353. The minimum atomic E-state index is -0.785. The molecule has 20 heavy (non-hydrogen) atoms. The average molecular weight is 269 g/mol. The van der Waals surface area contributed by atoms with E-state index in [2.05, 4.69) is 5.32 Å². The third-order valence-electron chi connectivity index (χ3n) is 4.08. The number of carbonyl (C=O) groups excluding carboxylic acids is 1. The lowest BCUT2D eigenvalue weighted by molar-refractivity contribution is 0.0354. The molecule has 1 fully saturated rings. The summed E-state index contributed by atoms with van der Waals surface area (Å²) in [6.45, 7) is 2.11. The van der Waals surface area contributed by atoms with E-state index in [9.17, 15) is 9.90 Å². The maximum atomic E-state index is 12.2. The highest BCUT2D eigenvalue weighted by molar-refractivity contribution is 5.98. The molecule has 1 aliphatic rings. The number of hydrogen-bond acceptors (Lipinski definition) is 2. The van der Waals surface area contributed by atoms with Gasteiger partial charge in [0.15, 0.2) is 0 Å². The van der Waals surface area contributed by atoms with Gasteiger partial charge in [-0.05, 0) is 48.6 Å². The van der Waals surface area contributed by atoms with Gasteiger partial charge in [-0.3, -0.25) is 4.79 Å². The molecular formula is C17H19NO2. The third-order valence-corrected chi connectivity index (χ3v) is 4.08. The summed E-state index contributed by atoms with van der Waals surface area (Å²) in [5.41, 5.74) is -0.151. The molecule has 0 bridgehead atoms. The first kappa shape index (κ1) is 13.1. The summed E-state index contributed by atoms with van der Waals surface area (Å²) in [5, 5.41) is 15.2. The van der Waals surface area contributed by atoms with Crippen molar-refractivity contribution in [1.29, 1.82) is 0 Å². The Labute approximate surface area is 118 Å². The Morgan fingerprint density at radius 2 is 1.95 bits per heavy atom. The van der Waals surface area contributed by atoms with Gasteiger partial charge in [0.05, 0.1) is 5.60 Å². The Morgan fingerprint density at radius 1 is 1.25 bits per heavy atom. The van der Waals surface area contributed by atoms with E-state index >= 15 is 0 Å². The number of benzene rings is 2. The predicted molar refractivity (Wildman–Crippen MR) is 79.6 cm³/mol.